The van der Waals surface area contributed by atoms with Gasteiger partial charge in [-0.05, 0) is 25.5 Å². The maximum absolute atomic E-state index is 14.8. The Kier molecular flexibility index (Phi) is 8.17. The number of carbonyl (C=O) groups is 2. The Bertz CT molecular complexity index is 1260. The number of nitrogens with one attached hydrogen (secondary N) is 1. The largest absolute Gasteiger partial charge is 0.481 e. The first-order chi connectivity index (χ1) is 17.5. The van der Waals surface area contributed by atoms with Crippen molar-refractivity contribution in [2.24, 2.45) is 4.99 Å². The van der Waals surface area contributed by atoms with Crippen molar-refractivity contribution in [2.45, 2.75) is 50.2 Å². The summed E-state index contributed by atoms with van der Waals surface area (Å²) >= 11 is 13.9. The van der Waals surface area contributed by atoms with Gasteiger partial charge in [0.2, 0.25) is 0 Å². The molecule has 1 fully saturated rings. The third-order valence-corrected chi connectivity index (χ3v) is 7.88. The van der Waals surface area contributed by atoms with Crippen LogP contribution >= 0.6 is 34.5 Å². The molecule has 0 aliphatic carbocycles. The molecule has 13 heteroatoms. The number of carboxylic acid groups (broad SMARTS) is 1. The number of benzene rings is 1. The molecular formula is C24H24Cl2F2N4O4S. The van der Waals surface area contributed by atoms with Gasteiger partial charge in [0.05, 0.1) is 18.7 Å². The van der Waals surface area contributed by atoms with Gasteiger partial charge in [0.25, 0.3) is 5.92 Å². The second-order valence-corrected chi connectivity index (χ2v) is 10.5. The third kappa shape index (κ3) is 5.79. The van der Waals surface area contributed by atoms with Crippen molar-refractivity contribution in [2.75, 3.05) is 13.7 Å². The summed E-state index contributed by atoms with van der Waals surface area (Å²) in [5.41, 5.74) is 0.876. The van der Waals surface area contributed by atoms with Gasteiger partial charge in [-0.3, -0.25) is 14.7 Å². The van der Waals surface area contributed by atoms with Crippen LogP contribution in [0.25, 0.3) is 0 Å². The lowest BCUT2D eigenvalue weighted by atomic mass is 9.95. The van der Waals surface area contributed by atoms with E-state index in [1.54, 1.807) is 23.7 Å². The second kappa shape index (κ2) is 11.0. The monoisotopic (exact) mass is 572 g/mol. The first-order valence-corrected chi connectivity index (χ1v) is 13.0. The Balaban J connectivity index is 1.81. The Hall–Kier alpha value is -2.60. The van der Waals surface area contributed by atoms with Gasteiger partial charge < -0.3 is 15.2 Å². The number of halogens is 4. The molecule has 1 aromatic heterocycles. The number of likely N-dealkylation sites (tertiary alicyclic amines) is 1. The summed E-state index contributed by atoms with van der Waals surface area (Å²) in [6, 6.07) is 1.95. The van der Waals surface area contributed by atoms with Crippen molar-refractivity contribution in [3.8, 4) is 0 Å². The fraction of sp³-hybridized carbons (Fsp3) is 0.417. The molecule has 3 heterocycles. The molecule has 198 valence electrons. The molecular weight excluding hydrogens is 549 g/mol. The molecule has 4 rings (SSSR count). The van der Waals surface area contributed by atoms with Crippen LogP contribution in [0.1, 0.15) is 42.8 Å². The molecule has 2 aliphatic heterocycles. The number of carboxylic acids is 1. The number of alkyl halides is 2. The molecule has 37 heavy (non-hydrogen) atoms. The molecule has 2 N–H and O–H groups in total. The average Bonchev–Trinajstić information content (AvgIpc) is 3.45. The molecule has 0 amide bonds. The number of aliphatic imine (C=N–C) groups is 1. The number of methoxy groups -OCH3 is 1. The minimum absolute atomic E-state index is 0.0377. The SMILES string of the molecule is COC(=O)C1=C(CN2C(CCC(=O)O)CC(F)(F)C2C)NC(c2nccs2)=N[C@H]1c1ccc(Cl)cc1Cl. The highest BCUT2D eigenvalue weighted by Gasteiger charge is 2.51. The van der Waals surface area contributed by atoms with Crippen molar-refractivity contribution in [3.63, 3.8) is 0 Å². The summed E-state index contributed by atoms with van der Waals surface area (Å²) in [6.07, 6.45) is 0.895. The fourth-order valence-electron chi connectivity index (χ4n) is 4.64. The van der Waals surface area contributed by atoms with Crippen molar-refractivity contribution in [1.29, 1.82) is 0 Å². The highest BCUT2D eigenvalue weighted by atomic mass is 35.5. The van der Waals surface area contributed by atoms with E-state index in [9.17, 15) is 18.4 Å². The summed E-state index contributed by atoms with van der Waals surface area (Å²) in [5, 5.41) is 15.2. The summed E-state index contributed by atoms with van der Waals surface area (Å²) in [6.45, 7) is 1.29. The second-order valence-electron chi connectivity index (χ2n) is 8.79. The van der Waals surface area contributed by atoms with Gasteiger partial charge in [-0.1, -0.05) is 29.3 Å². The zero-order valence-corrected chi connectivity index (χ0v) is 22.2. The molecule has 8 nitrogen and oxygen atoms in total. The number of amidine groups is 1. The zero-order chi connectivity index (χ0) is 26.9. The van der Waals surface area contributed by atoms with Crippen LogP contribution < -0.4 is 5.32 Å². The number of rotatable bonds is 8. The lowest BCUT2D eigenvalue weighted by molar-refractivity contribution is -0.137. The Labute approximate surface area is 225 Å². The van der Waals surface area contributed by atoms with Crippen LogP contribution in [0.15, 0.2) is 46.0 Å². The third-order valence-electron chi connectivity index (χ3n) is 6.54. The lowest BCUT2D eigenvalue weighted by Crippen LogP contribution is -2.45. The topological polar surface area (TPSA) is 104 Å². The smallest absolute Gasteiger partial charge is 0.338 e. The van der Waals surface area contributed by atoms with Gasteiger partial charge in [0.1, 0.15) is 6.04 Å². The van der Waals surface area contributed by atoms with Crippen molar-refractivity contribution >= 4 is 52.3 Å². The van der Waals surface area contributed by atoms with Crippen LogP contribution in [-0.4, -0.2) is 64.4 Å². The van der Waals surface area contributed by atoms with E-state index in [0.717, 1.165) is 0 Å². The van der Waals surface area contributed by atoms with Crippen molar-refractivity contribution in [3.05, 3.63) is 61.7 Å². The van der Waals surface area contributed by atoms with E-state index >= 15 is 0 Å². The number of carbonyl (C=O) groups excluding carboxylic acids is 1. The summed E-state index contributed by atoms with van der Waals surface area (Å²) < 4.78 is 34.7. The van der Waals surface area contributed by atoms with Gasteiger partial charge in [-0.15, -0.1) is 11.3 Å². The van der Waals surface area contributed by atoms with Gasteiger partial charge in [0.15, 0.2) is 10.8 Å². The van der Waals surface area contributed by atoms with Gasteiger partial charge in [-0.25, -0.2) is 18.6 Å². The van der Waals surface area contributed by atoms with Crippen LogP contribution in [0.2, 0.25) is 10.0 Å². The minimum atomic E-state index is -3.03. The van der Waals surface area contributed by atoms with Crippen LogP contribution in [0.3, 0.4) is 0 Å². The number of ether oxygens (including phenoxy) is 1. The number of aromatic nitrogens is 1. The van der Waals surface area contributed by atoms with E-state index in [-0.39, 0.29) is 30.0 Å². The first kappa shape index (κ1) is 27.4. The van der Waals surface area contributed by atoms with E-state index in [4.69, 9.17) is 38.0 Å². The summed E-state index contributed by atoms with van der Waals surface area (Å²) in [4.78, 5) is 34.8. The molecule has 1 saturated heterocycles. The lowest BCUT2D eigenvalue weighted by Gasteiger charge is -2.33. The van der Waals surface area contributed by atoms with E-state index < -0.39 is 42.4 Å². The number of esters is 1. The minimum Gasteiger partial charge on any atom is -0.481 e. The van der Waals surface area contributed by atoms with Crippen LogP contribution in [0.4, 0.5) is 8.78 Å². The standard InChI is InChI=1S/C24H24Cl2F2N4O4S/c1-12-24(27,28)10-14(4-6-18(33)34)32(12)11-17-19(23(35)36-2)20(15-5-3-13(25)9-16(15)26)31-21(30-17)22-29-7-8-37-22/h3,5,7-9,12,14,20H,4,6,10-11H2,1-2H3,(H,30,31)(H,33,34)/t12?,14?,20-/m0/s1. The van der Waals surface area contributed by atoms with Gasteiger partial charge in [0, 0.05) is 58.3 Å². The molecule has 3 atom stereocenters. The van der Waals surface area contributed by atoms with Crippen LogP contribution in [0.5, 0.6) is 0 Å². The zero-order valence-electron chi connectivity index (χ0n) is 19.9. The maximum Gasteiger partial charge on any atom is 0.338 e. The fourth-order valence-corrected chi connectivity index (χ4v) is 5.73. The molecule has 2 aliphatic rings. The number of nitrogens with zero attached hydrogens (tertiary/aromatic N) is 3. The summed E-state index contributed by atoms with van der Waals surface area (Å²) in [7, 11) is 1.22. The van der Waals surface area contributed by atoms with Crippen molar-refractivity contribution < 1.29 is 28.2 Å². The highest BCUT2D eigenvalue weighted by molar-refractivity contribution is 7.11. The maximum atomic E-state index is 14.8. The molecule has 2 unspecified atom stereocenters. The Morgan fingerprint density at radius 3 is 2.73 bits per heavy atom. The molecule has 2 aromatic rings. The average molecular weight is 573 g/mol. The van der Waals surface area contributed by atoms with Gasteiger partial charge >= 0.3 is 11.9 Å². The van der Waals surface area contributed by atoms with Crippen LogP contribution in [-0.2, 0) is 14.3 Å². The molecule has 0 spiro atoms. The predicted molar refractivity (Wildman–Crippen MR) is 136 cm³/mol. The Morgan fingerprint density at radius 2 is 2.11 bits per heavy atom. The van der Waals surface area contributed by atoms with E-state index in [0.29, 0.717) is 27.1 Å². The number of aliphatic carboxylic acids is 1. The quantitative estimate of drug-likeness (QED) is 0.432. The predicted octanol–water partition coefficient (Wildman–Crippen LogP) is 4.93. The van der Waals surface area contributed by atoms with Crippen LogP contribution in [0, 0.1) is 0 Å². The number of hydrogen-bond acceptors (Lipinski definition) is 8. The van der Waals surface area contributed by atoms with E-state index in [2.05, 4.69) is 10.3 Å². The first-order valence-electron chi connectivity index (χ1n) is 11.4. The molecule has 0 radical (unpaired) electrons. The van der Waals surface area contributed by atoms with Crippen molar-refractivity contribution in [1.82, 2.24) is 15.2 Å². The normalized spacial score (nSPS) is 23.5. The van der Waals surface area contributed by atoms with E-state index in [1.807, 2.05) is 0 Å². The Morgan fingerprint density at radius 1 is 1.35 bits per heavy atom. The van der Waals surface area contributed by atoms with Gasteiger partial charge in [-0.2, -0.15) is 0 Å². The summed E-state index contributed by atoms with van der Waals surface area (Å²) in [5.74, 6) is -4.46. The number of hydrogen-bond donors (Lipinski definition) is 2. The highest BCUT2D eigenvalue weighted by Crippen LogP contribution is 2.42. The number of thiazole rings is 1. The van der Waals surface area contributed by atoms with E-state index in [1.165, 1.54) is 36.3 Å². The molecule has 0 saturated carbocycles. The molecule has 1 aromatic carbocycles. The molecule has 0 bridgehead atoms.